The minimum absolute atomic E-state index is 0.0855. The highest BCUT2D eigenvalue weighted by molar-refractivity contribution is 6.31. The van der Waals surface area contributed by atoms with Gasteiger partial charge < -0.3 is 20.3 Å². The Morgan fingerprint density at radius 2 is 1.94 bits per heavy atom. The summed E-state index contributed by atoms with van der Waals surface area (Å²) < 4.78 is 5.21. The molecule has 4 rings (SSSR count). The Kier molecular flexibility index (Phi) is 6.19. The summed E-state index contributed by atoms with van der Waals surface area (Å²) in [6.45, 7) is 4.04. The molecule has 2 N–H and O–H groups in total. The van der Waals surface area contributed by atoms with Crippen molar-refractivity contribution in [3.8, 4) is 0 Å². The maximum absolute atomic E-state index is 13.4. The fraction of sp³-hybridized carbons (Fsp3) is 0.292. The molecule has 0 aliphatic carbocycles. The molecule has 0 radical (unpaired) electrons. The maximum Gasteiger partial charge on any atom is 0.328 e. The Labute approximate surface area is 191 Å². The summed E-state index contributed by atoms with van der Waals surface area (Å²) in [6, 6.07) is 12.0. The number of carbonyl (C=O) groups is 3. The fourth-order valence-electron chi connectivity index (χ4n) is 4.17. The number of esters is 1. The van der Waals surface area contributed by atoms with E-state index in [4.69, 9.17) is 16.3 Å². The van der Waals surface area contributed by atoms with E-state index in [1.165, 1.54) is 6.92 Å². The van der Waals surface area contributed by atoms with E-state index in [0.717, 1.165) is 22.5 Å². The summed E-state index contributed by atoms with van der Waals surface area (Å²) in [6.07, 6.45) is 0.934. The third-order valence-electron chi connectivity index (χ3n) is 5.57. The zero-order valence-electron chi connectivity index (χ0n) is 17.9. The van der Waals surface area contributed by atoms with Crippen molar-refractivity contribution in [2.24, 2.45) is 0 Å². The molecule has 2 aromatic carbocycles. The molecule has 0 aromatic heterocycles. The summed E-state index contributed by atoms with van der Waals surface area (Å²) in [5.74, 6) is -0.590. The second-order valence-corrected chi connectivity index (χ2v) is 8.17. The van der Waals surface area contributed by atoms with Gasteiger partial charge in [0.25, 0.3) is 5.91 Å². The largest absolute Gasteiger partial charge is 0.464 e. The molecule has 2 aliphatic rings. The lowest BCUT2D eigenvalue weighted by atomic mass is 9.88. The minimum atomic E-state index is -0.581. The van der Waals surface area contributed by atoms with Crippen LogP contribution in [-0.2, 0) is 19.1 Å². The van der Waals surface area contributed by atoms with Gasteiger partial charge in [-0.1, -0.05) is 17.7 Å². The number of ether oxygens (including phenoxy) is 1. The number of rotatable bonds is 4. The van der Waals surface area contributed by atoms with Crippen LogP contribution >= 0.6 is 11.6 Å². The van der Waals surface area contributed by atoms with Crippen molar-refractivity contribution in [1.82, 2.24) is 0 Å². The molecule has 0 spiro atoms. The average molecular weight is 454 g/mol. The highest BCUT2D eigenvalue weighted by atomic mass is 35.5. The highest BCUT2D eigenvalue weighted by Gasteiger charge is 2.35. The van der Waals surface area contributed by atoms with Gasteiger partial charge >= 0.3 is 5.97 Å². The lowest BCUT2D eigenvalue weighted by Gasteiger charge is -2.29. The van der Waals surface area contributed by atoms with Crippen LogP contribution in [0.2, 0.25) is 5.02 Å². The van der Waals surface area contributed by atoms with Crippen LogP contribution in [0.3, 0.4) is 0 Å². The summed E-state index contributed by atoms with van der Waals surface area (Å²) >= 11 is 6.17. The molecular formula is C24H24ClN3O4. The molecule has 166 valence electrons. The first-order valence-electron chi connectivity index (χ1n) is 10.5. The lowest BCUT2D eigenvalue weighted by Crippen LogP contribution is -2.35. The van der Waals surface area contributed by atoms with E-state index in [1.54, 1.807) is 36.1 Å². The molecule has 1 saturated heterocycles. The topological polar surface area (TPSA) is 87.7 Å². The first-order valence-corrected chi connectivity index (χ1v) is 10.9. The van der Waals surface area contributed by atoms with E-state index in [9.17, 15) is 14.4 Å². The van der Waals surface area contributed by atoms with Gasteiger partial charge in [0.05, 0.1) is 6.61 Å². The molecule has 0 bridgehead atoms. The van der Waals surface area contributed by atoms with Crippen LogP contribution in [0, 0.1) is 0 Å². The molecule has 2 amide bonds. The van der Waals surface area contributed by atoms with Gasteiger partial charge in [0.2, 0.25) is 5.91 Å². The summed E-state index contributed by atoms with van der Waals surface area (Å²) in [7, 11) is 0. The quantitative estimate of drug-likeness (QED) is 0.534. The molecule has 0 saturated carbocycles. The molecule has 7 nitrogen and oxygen atoms in total. The Morgan fingerprint density at radius 1 is 1.19 bits per heavy atom. The maximum atomic E-state index is 13.4. The molecule has 8 heteroatoms. The molecular weight excluding hydrogens is 430 g/mol. The molecule has 2 aromatic rings. The number of anilines is 3. The van der Waals surface area contributed by atoms with Gasteiger partial charge in [-0.2, -0.15) is 0 Å². The van der Waals surface area contributed by atoms with Crippen molar-refractivity contribution < 1.29 is 19.1 Å². The highest BCUT2D eigenvalue weighted by Crippen LogP contribution is 2.40. The van der Waals surface area contributed by atoms with Crippen LogP contribution in [0.5, 0.6) is 0 Å². The number of nitrogens with zero attached hydrogens (tertiary/aromatic N) is 1. The van der Waals surface area contributed by atoms with E-state index >= 15 is 0 Å². The first-order chi connectivity index (χ1) is 15.4. The van der Waals surface area contributed by atoms with Gasteiger partial charge in [-0.25, -0.2) is 4.79 Å². The average Bonchev–Trinajstić information content (AvgIpc) is 3.14. The number of amides is 2. The predicted molar refractivity (Wildman–Crippen MR) is 125 cm³/mol. The monoisotopic (exact) mass is 453 g/mol. The van der Waals surface area contributed by atoms with E-state index < -0.39 is 6.04 Å². The van der Waals surface area contributed by atoms with Crippen molar-refractivity contribution in [2.45, 2.75) is 32.7 Å². The number of hydrogen-bond donors (Lipinski definition) is 2. The summed E-state index contributed by atoms with van der Waals surface area (Å²) in [5.41, 5.74) is 4.56. The van der Waals surface area contributed by atoms with Gasteiger partial charge in [0.1, 0.15) is 6.04 Å². The van der Waals surface area contributed by atoms with Crippen LogP contribution in [0.25, 0.3) is 5.57 Å². The van der Waals surface area contributed by atoms with E-state index in [2.05, 4.69) is 10.6 Å². The zero-order valence-corrected chi connectivity index (χ0v) is 18.7. The van der Waals surface area contributed by atoms with Crippen LogP contribution in [0.15, 0.2) is 48.0 Å². The summed E-state index contributed by atoms with van der Waals surface area (Å²) in [4.78, 5) is 38.8. The number of halogens is 1. The molecule has 32 heavy (non-hydrogen) atoms. The molecule has 2 aliphatic heterocycles. The Bertz CT molecular complexity index is 1110. The zero-order chi connectivity index (χ0) is 22.8. The second kappa shape index (κ2) is 9.04. The van der Waals surface area contributed by atoms with E-state index in [-0.39, 0.29) is 24.4 Å². The van der Waals surface area contributed by atoms with Crippen LogP contribution in [0.4, 0.5) is 17.1 Å². The van der Waals surface area contributed by atoms with Crippen molar-refractivity contribution in [2.75, 3.05) is 28.7 Å². The Hall–Kier alpha value is -3.32. The van der Waals surface area contributed by atoms with Crippen molar-refractivity contribution in [3.05, 3.63) is 58.6 Å². The standard InChI is InChI=1S/C24H24ClN3O4/c1-3-32-24(31)22-13-20(18-9-4-15(25)12-21(18)27-22)19-10-11-28(23(19)30)17-7-5-16(6-8-17)26-14(2)29/h4-9,12,22,27H,3,10-11,13H2,1-2H3,(H,26,29). The minimum Gasteiger partial charge on any atom is -0.464 e. The van der Waals surface area contributed by atoms with Gasteiger partial charge in [-0.3, -0.25) is 9.59 Å². The third-order valence-corrected chi connectivity index (χ3v) is 5.80. The van der Waals surface area contributed by atoms with Crippen molar-refractivity contribution >= 4 is 52.0 Å². The number of fused-ring (bicyclic) bond motifs is 1. The first kappa shape index (κ1) is 21.9. The van der Waals surface area contributed by atoms with Gasteiger partial charge in [-0.15, -0.1) is 0 Å². The lowest BCUT2D eigenvalue weighted by molar-refractivity contribution is -0.144. The molecule has 1 atom stereocenters. The van der Waals surface area contributed by atoms with Gasteiger partial charge in [-0.05, 0) is 55.3 Å². The van der Waals surface area contributed by atoms with Crippen LogP contribution < -0.4 is 15.5 Å². The van der Waals surface area contributed by atoms with E-state index in [0.29, 0.717) is 35.7 Å². The number of hydrogen-bond acceptors (Lipinski definition) is 5. The second-order valence-electron chi connectivity index (χ2n) is 7.73. The molecule has 1 fully saturated rings. The number of carbonyl (C=O) groups excluding carboxylic acids is 3. The summed E-state index contributed by atoms with van der Waals surface area (Å²) in [5, 5.41) is 6.47. The third kappa shape index (κ3) is 4.34. The SMILES string of the molecule is CCOC(=O)C1CC(=C2CCN(c3ccc(NC(C)=O)cc3)C2=O)c2ccc(Cl)cc2N1. The molecule has 2 heterocycles. The number of nitrogens with one attached hydrogen (secondary N) is 2. The number of benzene rings is 2. The van der Waals surface area contributed by atoms with Crippen LogP contribution in [0.1, 0.15) is 32.3 Å². The van der Waals surface area contributed by atoms with Crippen molar-refractivity contribution in [1.29, 1.82) is 0 Å². The smallest absolute Gasteiger partial charge is 0.328 e. The van der Waals surface area contributed by atoms with Crippen LogP contribution in [-0.4, -0.2) is 37.0 Å². The predicted octanol–water partition coefficient (Wildman–Crippen LogP) is 4.24. The Balaban J connectivity index is 1.67. The van der Waals surface area contributed by atoms with Gasteiger partial charge in [0.15, 0.2) is 0 Å². The Morgan fingerprint density at radius 3 is 2.62 bits per heavy atom. The van der Waals surface area contributed by atoms with Crippen molar-refractivity contribution in [3.63, 3.8) is 0 Å². The van der Waals surface area contributed by atoms with E-state index in [1.807, 2.05) is 18.2 Å². The fourth-order valence-corrected chi connectivity index (χ4v) is 4.34. The molecule has 1 unspecified atom stereocenters. The normalized spacial score (nSPS) is 19.9. The van der Waals surface area contributed by atoms with Gasteiger partial charge in [0, 0.05) is 53.1 Å².